The zero-order valence-corrected chi connectivity index (χ0v) is 19.2. The molecule has 2 N–H and O–H groups in total. The van der Waals surface area contributed by atoms with Crippen LogP contribution in [0, 0.1) is 5.82 Å². The molecule has 0 aliphatic rings. The summed E-state index contributed by atoms with van der Waals surface area (Å²) < 4.78 is 11.0. The average molecular weight is 766 g/mol. The van der Waals surface area contributed by atoms with Gasteiger partial charge in [-0.15, -0.1) is 0 Å². The molecular formula is C8H10FI4NSn. The first-order valence-electron chi connectivity index (χ1n) is 4.03. The van der Waals surface area contributed by atoms with Crippen LogP contribution in [0.5, 0.6) is 0 Å². The quantitative estimate of drug-likeness (QED) is 0.349. The van der Waals surface area contributed by atoms with Crippen molar-refractivity contribution in [2.75, 3.05) is 6.54 Å². The second-order valence-corrected chi connectivity index (χ2v) is 132. The zero-order chi connectivity index (χ0) is 11.9. The summed E-state index contributed by atoms with van der Waals surface area (Å²) in [7, 11) is 0. The molecule has 0 heterocycles. The van der Waals surface area contributed by atoms with Crippen molar-refractivity contribution in [1.29, 1.82) is 0 Å². The van der Waals surface area contributed by atoms with Crippen LogP contribution in [-0.4, -0.2) is 9.05 Å². The van der Waals surface area contributed by atoms with E-state index in [1.807, 2.05) is 0 Å². The third-order valence-electron chi connectivity index (χ3n) is 1.35. The van der Waals surface area contributed by atoms with E-state index in [2.05, 4.69) is 74.5 Å². The van der Waals surface area contributed by atoms with E-state index in [1.165, 1.54) is 12.1 Å². The van der Waals surface area contributed by atoms with Crippen LogP contribution < -0.4 is 5.73 Å². The minimum absolute atomic E-state index is 0.194. The summed E-state index contributed by atoms with van der Waals surface area (Å²) in [6, 6.07) is 6.40. The summed E-state index contributed by atoms with van der Waals surface area (Å²) in [5.41, 5.74) is 6.39. The van der Waals surface area contributed by atoms with Crippen molar-refractivity contribution < 1.29 is 4.39 Å². The van der Waals surface area contributed by atoms with Gasteiger partial charge < -0.3 is 5.73 Å². The zero-order valence-electron chi connectivity index (χ0n) is 7.69. The molecule has 0 saturated heterocycles. The third-order valence-corrected chi connectivity index (χ3v) is 1.35. The molecule has 0 radical (unpaired) electrons. The van der Waals surface area contributed by atoms with Gasteiger partial charge in [0, 0.05) is 0 Å². The Balaban J connectivity index is 0.000000336. The summed E-state index contributed by atoms with van der Waals surface area (Å²) in [6.07, 6.45) is 0.820. The molecule has 86 valence electrons. The summed E-state index contributed by atoms with van der Waals surface area (Å²) in [6.45, 7) is 0.617. The number of hydrogen-bond acceptors (Lipinski definition) is 1. The van der Waals surface area contributed by atoms with Crippen LogP contribution in [0.4, 0.5) is 4.39 Å². The van der Waals surface area contributed by atoms with Crippen LogP contribution in [0.1, 0.15) is 5.56 Å². The second kappa shape index (κ2) is 9.72. The second-order valence-electron chi connectivity index (χ2n) is 2.59. The molecule has 7 heteroatoms. The molecule has 0 aliphatic carbocycles. The van der Waals surface area contributed by atoms with Gasteiger partial charge in [0.05, 0.1) is 0 Å². The molecule has 1 rings (SSSR count). The maximum atomic E-state index is 12.3. The number of nitrogens with two attached hydrogens (primary N) is 1. The van der Waals surface area contributed by atoms with Crippen molar-refractivity contribution in [2.24, 2.45) is 5.73 Å². The molecule has 1 aromatic carbocycles. The van der Waals surface area contributed by atoms with Crippen LogP contribution >= 0.6 is 74.5 Å². The Kier molecular flexibility index (Phi) is 11.6. The first-order valence-corrected chi connectivity index (χ1v) is 37.3. The Morgan fingerprint density at radius 3 is 1.80 bits per heavy atom. The van der Waals surface area contributed by atoms with Gasteiger partial charge in [0.25, 0.3) is 0 Å². The fraction of sp³-hybridized carbons (Fsp3) is 0.250. The van der Waals surface area contributed by atoms with Crippen molar-refractivity contribution in [2.45, 2.75) is 6.42 Å². The van der Waals surface area contributed by atoms with E-state index in [1.54, 1.807) is 12.1 Å². The SMILES string of the molecule is NCCc1ccc(F)cc1.[I][Sn]([I])([I])[I]. The number of rotatable bonds is 2. The summed E-state index contributed by atoms with van der Waals surface area (Å²) in [4.78, 5) is 0. The first kappa shape index (κ1) is 17.8. The van der Waals surface area contributed by atoms with Gasteiger partial charge in [-0.25, -0.2) is 4.39 Å². The molecule has 0 saturated carbocycles. The van der Waals surface area contributed by atoms with E-state index >= 15 is 0 Å². The van der Waals surface area contributed by atoms with Gasteiger partial charge in [0.15, 0.2) is 0 Å². The molecule has 0 bridgehead atoms. The summed E-state index contributed by atoms with van der Waals surface area (Å²) in [5, 5.41) is 0. The van der Waals surface area contributed by atoms with Crippen LogP contribution in [0.3, 0.4) is 0 Å². The monoisotopic (exact) mass is 767 g/mol. The van der Waals surface area contributed by atoms with Gasteiger partial charge in [-0.3, -0.25) is 0 Å². The van der Waals surface area contributed by atoms with Crippen molar-refractivity contribution in [3.05, 3.63) is 35.6 Å². The Morgan fingerprint density at radius 1 is 1.07 bits per heavy atom. The van der Waals surface area contributed by atoms with Gasteiger partial charge in [0.2, 0.25) is 0 Å². The standard InChI is InChI=1S/C8H10FN.4HI.Sn/c9-8-3-1-7(2-4-8)5-6-10;;;;;/h1-4H,5-6,10H2;4*1H;/q;;;;;+4/p-4. The number of benzene rings is 1. The maximum absolute atomic E-state index is 12.3. The van der Waals surface area contributed by atoms with Gasteiger partial charge in [0.1, 0.15) is 5.82 Å². The molecule has 0 atom stereocenters. The van der Waals surface area contributed by atoms with E-state index in [9.17, 15) is 4.39 Å². The number of hydrogen-bond donors (Lipinski definition) is 1. The van der Waals surface area contributed by atoms with E-state index in [4.69, 9.17) is 5.73 Å². The molecular weight excluding hydrogens is 755 g/mol. The molecule has 0 aliphatic heterocycles. The number of halogens is 5. The fourth-order valence-corrected chi connectivity index (χ4v) is 0.818. The molecule has 0 aromatic heterocycles. The molecule has 0 unspecified atom stereocenters. The molecule has 15 heavy (non-hydrogen) atoms. The topological polar surface area (TPSA) is 26.0 Å². The fourth-order valence-electron chi connectivity index (χ4n) is 0.818. The minimum atomic E-state index is -1.30. The van der Waals surface area contributed by atoms with E-state index in [0.717, 1.165) is 12.0 Å². The van der Waals surface area contributed by atoms with Crippen molar-refractivity contribution in [1.82, 2.24) is 0 Å². The van der Waals surface area contributed by atoms with E-state index in [-0.39, 0.29) is 5.82 Å². The van der Waals surface area contributed by atoms with Crippen molar-refractivity contribution in [3.63, 3.8) is 0 Å². The molecule has 0 amide bonds. The van der Waals surface area contributed by atoms with Gasteiger partial charge >= 0.3 is 77.0 Å². The third kappa shape index (κ3) is 14.8. The van der Waals surface area contributed by atoms with Gasteiger partial charge in [-0.1, -0.05) is 12.1 Å². The average Bonchev–Trinajstić information content (AvgIpc) is 2.06. The predicted molar refractivity (Wildman–Crippen MR) is 101 cm³/mol. The Bertz CT molecular complexity index is 269. The van der Waals surface area contributed by atoms with Crippen LogP contribution in [0.25, 0.3) is 0 Å². The van der Waals surface area contributed by atoms with Gasteiger partial charge in [-0.2, -0.15) is 0 Å². The molecule has 1 nitrogen and oxygen atoms in total. The Hall–Kier alpha value is 2.83. The van der Waals surface area contributed by atoms with Crippen LogP contribution in [-0.2, 0) is 6.42 Å². The van der Waals surface area contributed by atoms with Crippen molar-refractivity contribution >= 4 is 77.0 Å². The Labute approximate surface area is 133 Å². The van der Waals surface area contributed by atoms with Crippen molar-refractivity contribution in [3.8, 4) is 0 Å². The first-order chi connectivity index (χ1) is 6.83. The Morgan fingerprint density at radius 2 is 1.47 bits per heavy atom. The van der Waals surface area contributed by atoms with E-state index < -0.39 is 2.50 Å². The normalized spacial score (nSPS) is 10.5. The predicted octanol–water partition coefficient (Wildman–Crippen LogP) is 4.49. The van der Waals surface area contributed by atoms with E-state index in [0.29, 0.717) is 6.54 Å². The summed E-state index contributed by atoms with van der Waals surface area (Å²) >= 11 is 10.2. The van der Waals surface area contributed by atoms with Crippen LogP contribution in [0.15, 0.2) is 24.3 Å². The molecule has 1 aromatic rings. The molecule has 0 fully saturated rings. The van der Waals surface area contributed by atoms with Crippen LogP contribution in [0.2, 0.25) is 0 Å². The molecule has 0 spiro atoms. The van der Waals surface area contributed by atoms with Gasteiger partial charge in [-0.05, 0) is 30.7 Å². The summed E-state index contributed by atoms with van der Waals surface area (Å²) in [5.74, 6) is -0.194.